The van der Waals surface area contributed by atoms with Crippen LogP contribution in [0.15, 0.2) is 24.5 Å². The zero-order chi connectivity index (χ0) is 19.8. The molecule has 11 heteroatoms. The van der Waals surface area contributed by atoms with Crippen LogP contribution < -0.4 is 0 Å². The van der Waals surface area contributed by atoms with Gasteiger partial charge in [0, 0.05) is 12.7 Å². The van der Waals surface area contributed by atoms with E-state index in [1.807, 2.05) is 6.92 Å². The molecule has 0 spiro atoms. The van der Waals surface area contributed by atoms with E-state index in [1.54, 1.807) is 0 Å². The number of aromatic nitrogens is 4. The number of piperidine rings is 1. The van der Waals surface area contributed by atoms with Crippen LogP contribution in [0, 0.1) is 5.92 Å². The lowest BCUT2D eigenvalue weighted by Crippen LogP contribution is -2.49. The molecule has 1 amide bonds. The molecule has 1 aliphatic heterocycles. The normalized spacial score (nSPS) is 20.5. The molecule has 2 atom stereocenters. The first kappa shape index (κ1) is 18.8. The minimum Gasteiger partial charge on any atom is -0.480 e. The third kappa shape index (κ3) is 3.91. The molecule has 2 aromatic heterocycles. The number of carboxylic acid groups (broad SMARTS) is 1. The van der Waals surface area contributed by atoms with Gasteiger partial charge in [-0.25, -0.2) is 14.5 Å². The fourth-order valence-electron chi connectivity index (χ4n) is 2.93. The average Bonchev–Trinajstić information content (AvgIpc) is 3.10. The lowest BCUT2D eigenvalue weighted by Gasteiger charge is -2.35. The summed E-state index contributed by atoms with van der Waals surface area (Å²) >= 11 is 0. The number of aliphatic carboxylic acids is 1. The van der Waals surface area contributed by atoms with Crippen LogP contribution in [-0.2, 0) is 11.0 Å². The molecule has 1 aliphatic rings. The number of hydrogen-bond acceptors (Lipinski definition) is 5. The summed E-state index contributed by atoms with van der Waals surface area (Å²) in [7, 11) is 0. The molecule has 1 saturated heterocycles. The number of pyridine rings is 1. The van der Waals surface area contributed by atoms with E-state index in [2.05, 4.69) is 15.3 Å². The number of halogens is 3. The summed E-state index contributed by atoms with van der Waals surface area (Å²) in [6.45, 7) is 2.20. The summed E-state index contributed by atoms with van der Waals surface area (Å²) < 4.78 is 38.8. The van der Waals surface area contributed by atoms with Gasteiger partial charge in [0.25, 0.3) is 5.91 Å². The monoisotopic (exact) mass is 383 g/mol. The van der Waals surface area contributed by atoms with Crippen LogP contribution in [0.25, 0.3) is 5.82 Å². The molecule has 27 heavy (non-hydrogen) atoms. The molecule has 3 heterocycles. The Morgan fingerprint density at radius 3 is 2.63 bits per heavy atom. The van der Waals surface area contributed by atoms with Gasteiger partial charge in [0.1, 0.15) is 6.04 Å². The van der Waals surface area contributed by atoms with Crippen LogP contribution in [0.2, 0.25) is 0 Å². The van der Waals surface area contributed by atoms with E-state index in [0.717, 1.165) is 16.8 Å². The van der Waals surface area contributed by atoms with E-state index >= 15 is 0 Å². The van der Waals surface area contributed by atoms with Gasteiger partial charge in [-0.05, 0) is 30.9 Å². The van der Waals surface area contributed by atoms with Gasteiger partial charge in [-0.1, -0.05) is 12.1 Å². The van der Waals surface area contributed by atoms with Crippen LogP contribution in [-0.4, -0.2) is 54.4 Å². The predicted molar refractivity (Wildman–Crippen MR) is 85.0 cm³/mol. The number of carbonyl (C=O) groups is 2. The Morgan fingerprint density at radius 1 is 1.30 bits per heavy atom. The predicted octanol–water partition coefficient (Wildman–Crippen LogP) is 2.01. The first-order valence-corrected chi connectivity index (χ1v) is 8.16. The maximum Gasteiger partial charge on any atom is 0.417 e. The van der Waals surface area contributed by atoms with Crippen molar-refractivity contribution in [2.45, 2.75) is 32.0 Å². The van der Waals surface area contributed by atoms with Crippen molar-refractivity contribution >= 4 is 11.9 Å². The van der Waals surface area contributed by atoms with Crippen LogP contribution in [0.1, 0.15) is 35.8 Å². The number of nitrogens with zero attached hydrogens (tertiary/aromatic N) is 5. The molecule has 0 aliphatic carbocycles. The highest BCUT2D eigenvalue weighted by molar-refractivity contribution is 5.94. The number of carbonyl (C=O) groups excluding carboxylic acids is 1. The number of likely N-dealkylation sites (tertiary alicyclic amines) is 1. The van der Waals surface area contributed by atoms with Crippen molar-refractivity contribution in [3.63, 3.8) is 0 Å². The number of alkyl halides is 3. The van der Waals surface area contributed by atoms with Crippen LogP contribution in [0.3, 0.4) is 0 Å². The van der Waals surface area contributed by atoms with Gasteiger partial charge >= 0.3 is 12.1 Å². The van der Waals surface area contributed by atoms with E-state index in [1.165, 1.54) is 11.1 Å². The van der Waals surface area contributed by atoms with E-state index in [9.17, 15) is 27.9 Å². The molecule has 0 radical (unpaired) electrons. The Labute approximate surface area is 151 Å². The van der Waals surface area contributed by atoms with Gasteiger partial charge in [0.2, 0.25) is 0 Å². The van der Waals surface area contributed by atoms with E-state index in [0.29, 0.717) is 19.0 Å². The number of rotatable bonds is 3. The second kappa shape index (κ2) is 6.97. The second-order valence-electron chi connectivity index (χ2n) is 6.43. The van der Waals surface area contributed by atoms with Crippen molar-refractivity contribution in [1.29, 1.82) is 0 Å². The molecule has 3 rings (SSSR count). The summed E-state index contributed by atoms with van der Waals surface area (Å²) in [5.74, 6) is -1.45. The van der Waals surface area contributed by atoms with Gasteiger partial charge in [-0.2, -0.15) is 13.2 Å². The molecular weight excluding hydrogens is 367 g/mol. The van der Waals surface area contributed by atoms with Crippen LogP contribution in [0.5, 0.6) is 0 Å². The highest BCUT2D eigenvalue weighted by atomic mass is 19.4. The Balaban J connectivity index is 1.80. The summed E-state index contributed by atoms with van der Waals surface area (Å²) in [6.07, 6.45) is -1.62. The Kier molecular flexibility index (Phi) is 4.85. The number of hydrogen-bond donors (Lipinski definition) is 1. The highest BCUT2D eigenvalue weighted by Gasteiger charge is 2.36. The van der Waals surface area contributed by atoms with Crippen molar-refractivity contribution < 1.29 is 27.9 Å². The molecule has 2 unspecified atom stereocenters. The first-order chi connectivity index (χ1) is 12.7. The van der Waals surface area contributed by atoms with Crippen molar-refractivity contribution in [1.82, 2.24) is 24.9 Å². The van der Waals surface area contributed by atoms with Crippen molar-refractivity contribution in [3.05, 3.63) is 35.8 Å². The minimum absolute atomic E-state index is 0.0524. The van der Waals surface area contributed by atoms with Crippen molar-refractivity contribution in [2.24, 2.45) is 5.92 Å². The number of amides is 1. The van der Waals surface area contributed by atoms with E-state index in [-0.39, 0.29) is 24.0 Å². The smallest absolute Gasteiger partial charge is 0.417 e. The van der Waals surface area contributed by atoms with Crippen LogP contribution >= 0.6 is 0 Å². The third-order valence-corrected chi connectivity index (χ3v) is 4.43. The SMILES string of the molecule is CC1CCN(C(=O)c2cn(-c3ccc(C(F)(F)F)cn3)nn2)C(C(=O)O)C1. The Bertz CT molecular complexity index is 850. The van der Waals surface area contributed by atoms with Gasteiger partial charge in [-0.3, -0.25) is 4.79 Å². The zero-order valence-electron chi connectivity index (χ0n) is 14.2. The highest BCUT2D eigenvalue weighted by Crippen LogP contribution is 2.28. The maximum absolute atomic E-state index is 12.6. The fraction of sp³-hybridized carbons (Fsp3) is 0.438. The summed E-state index contributed by atoms with van der Waals surface area (Å²) in [5.41, 5.74) is -1.01. The third-order valence-electron chi connectivity index (χ3n) is 4.43. The van der Waals surface area contributed by atoms with Gasteiger partial charge < -0.3 is 10.0 Å². The van der Waals surface area contributed by atoms with E-state index < -0.39 is 29.7 Å². The van der Waals surface area contributed by atoms with Crippen molar-refractivity contribution in [3.8, 4) is 5.82 Å². The molecule has 1 N–H and O–H groups in total. The molecule has 144 valence electrons. The lowest BCUT2D eigenvalue weighted by atomic mass is 9.92. The topological polar surface area (TPSA) is 101 Å². The fourth-order valence-corrected chi connectivity index (χ4v) is 2.93. The van der Waals surface area contributed by atoms with Crippen molar-refractivity contribution in [2.75, 3.05) is 6.54 Å². The number of carboxylic acids is 1. The second-order valence-corrected chi connectivity index (χ2v) is 6.43. The van der Waals surface area contributed by atoms with Gasteiger partial charge in [0.15, 0.2) is 11.5 Å². The maximum atomic E-state index is 12.6. The van der Waals surface area contributed by atoms with Gasteiger partial charge in [0.05, 0.1) is 11.8 Å². The summed E-state index contributed by atoms with van der Waals surface area (Å²) in [5, 5.41) is 16.8. The largest absolute Gasteiger partial charge is 0.480 e. The standard InChI is InChI=1S/C16H16F3N5O3/c1-9-4-5-23(12(6-9)15(26)27)14(25)11-8-24(22-21-11)13-3-2-10(7-20-13)16(17,18)19/h2-3,7-9,12H,4-6H2,1H3,(H,26,27). The quantitative estimate of drug-likeness (QED) is 0.870. The molecule has 1 fully saturated rings. The summed E-state index contributed by atoms with van der Waals surface area (Å²) in [4.78, 5) is 29.0. The molecule has 2 aromatic rings. The van der Waals surface area contributed by atoms with E-state index in [4.69, 9.17) is 0 Å². The molecule has 0 saturated carbocycles. The minimum atomic E-state index is -4.51. The molecular formula is C16H16F3N5O3. The van der Waals surface area contributed by atoms with Gasteiger partial charge in [-0.15, -0.1) is 5.10 Å². The Hall–Kier alpha value is -2.98. The zero-order valence-corrected chi connectivity index (χ0v) is 14.2. The molecule has 8 nitrogen and oxygen atoms in total. The average molecular weight is 383 g/mol. The Morgan fingerprint density at radius 2 is 2.04 bits per heavy atom. The molecule has 0 aromatic carbocycles. The van der Waals surface area contributed by atoms with Crippen LogP contribution in [0.4, 0.5) is 13.2 Å². The summed E-state index contributed by atoms with van der Waals surface area (Å²) in [6, 6.07) is 1.00. The molecule has 0 bridgehead atoms. The lowest BCUT2D eigenvalue weighted by molar-refractivity contribution is -0.144. The first-order valence-electron chi connectivity index (χ1n) is 8.16.